The number of carbonyl (C=O) groups is 1. The molecule has 3 rings (SSSR count). The van der Waals surface area contributed by atoms with Gasteiger partial charge in [0.05, 0.1) is 16.0 Å². The van der Waals surface area contributed by atoms with Gasteiger partial charge in [-0.05, 0) is 42.5 Å². The molecule has 112 valence electrons. The van der Waals surface area contributed by atoms with Gasteiger partial charge < -0.3 is 5.32 Å². The van der Waals surface area contributed by atoms with Crippen LogP contribution in [0.1, 0.15) is 0 Å². The average Bonchev–Trinajstić information content (AvgIpc) is 2.88. The Morgan fingerprint density at radius 1 is 1.14 bits per heavy atom. The minimum Gasteiger partial charge on any atom is -0.301 e. The molecule has 0 unspecified atom stereocenters. The van der Waals surface area contributed by atoms with Crippen molar-refractivity contribution in [1.82, 2.24) is 4.98 Å². The van der Waals surface area contributed by atoms with Gasteiger partial charge in [-0.3, -0.25) is 4.79 Å². The molecule has 0 aliphatic carbocycles. The minimum atomic E-state index is -0.0925. The first-order valence-corrected chi connectivity index (χ1v) is 8.90. The van der Waals surface area contributed by atoms with E-state index in [9.17, 15) is 4.79 Å². The van der Waals surface area contributed by atoms with Crippen LogP contribution in [0.15, 0.2) is 47.4 Å². The second-order valence-corrected chi connectivity index (χ2v) is 7.37. The van der Waals surface area contributed by atoms with Gasteiger partial charge in [0, 0.05) is 14.9 Å². The summed E-state index contributed by atoms with van der Waals surface area (Å²) >= 11 is 14.6. The predicted octanol–water partition coefficient (Wildman–Crippen LogP) is 5.33. The molecule has 0 bridgehead atoms. The summed E-state index contributed by atoms with van der Waals surface area (Å²) in [5.74, 6) is 0.225. The Morgan fingerprint density at radius 3 is 2.64 bits per heavy atom. The molecule has 1 N–H and O–H groups in total. The number of carbonyl (C=O) groups excluding carboxylic acids is 1. The van der Waals surface area contributed by atoms with Crippen LogP contribution in [-0.2, 0) is 4.79 Å². The van der Waals surface area contributed by atoms with Crippen molar-refractivity contribution < 1.29 is 4.79 Å². The lowest BCUT2D eigenvalue weighted by Gasteiger charge is -2.02. The van der Waals surface area contributed by atoms with E-state index in [0.717, 1.165) is 15.1 Å². The Balaban J connectivity index is 1.61. The van der Waals surface area contributed by atoms with E-state index in [-0.39, 0.29) is 5.91 Å². The molecule has 0 fully saturated rings. The molecule has 0 aliphatic heterocycles. The number of nitrogens with one attached hydrogen (secondary N) is 1. The minimum absolute atomic E-state index is 0.0925. The Bertz CT molecular complexity index is 818. The van der Waals surface area contributed by atoms with E-state index in [4.69, 9.17) is 23.2 Å². The van der Waals surface area contributed by atoms with Crippen molar-refractivity contribution >= 4 is 67.6 Å². The van der Waals surface area contributed by atoms with E-state index in [1.807, 2.05) is 24.3 Å². The highest BCUT2D eigenvalue weighted by molar-refractivity contribution is 8.00. The van der Waals surface area contributed by atoms with E-state index in [1.54, 1.807) is 18.2 Å². The van der Waals surface area contributed by atoms with Crippen molar-refractivity contribution in [3.8, 4) is 0 Å². The summed E-state index contributed by atoms with van der Waals surface area (Å²) < 4.78 is 0.991. The van der Waals surface area contributed by atoms with Gasteiger partial charge in [0.1, 0.15) is 0 Å². The van der Waals surface area contributed by atoms with Crippen molar-refractivity contribution in [2.75, 3.05) is 11.1 Å². The van der Waals surface area contributed by atoms with Crippen molar-refractivity contribution in [2.24, 2.45) is 0 Å². The zero-order valence-electron chi connectivity index (χ0n) is 11.2. The Hall–Kier alpha value is -1.27. The third-order valence-electron chi connectivity index (χ3n) is 2.78. The summed E-state index contributed by atoms with van der Waals surface area (Å²) in [6.45, 7) is 0. The van der Waals surface area contributed by atoms with E-state index < -0.39 is 0 Å². The Labute approximate surface area is 145 Å². The second kappa shape index (κ2) is 6.87. The van der Waals surface area contributed by atoms with Gasteiger partial charge in [-0.1, -0.05) is 34.5 Å². The lowest BCUT2D eigenvalue weighted by molar-refractivity contribution is -0.113. The first kappa shape index (κ1) is 15.6. The van der Waals surface area contributed by atoms with Crippen LogP contribution >= 0.6 is 46.3 Å². The van der Waals surface area contributed by atoms with E-state index in [0.29, 0.717) is 20.9 Å². The van der Waals surface area contributed by atoms with Crippen LogP contribution in [0.4, 0.5) is 5.13 Å². The summed E-state index contributed by atoms with van der Waals surface area (Å²) in [6.07, 6.45) is 0. The highest BCUT2D eigenvalue weighted by atomic mass is 35.5. The lowest BCUT2D eigenvalue weighted by Crippen LogP contribution is -2.13. The number of hydrogen-bond acceptors (Lipinski definition) is 4. The SMILES string of the molecule is O=C(CSc1ccc(Cl)cc1)Nc1nc2cc(Cl)ccc2s1. The lowest BCUT2D eigenvalue weighted by atomic mass is 10.3. The standard InChI is InChI=1S/C15H10Cl2N2OS2/c16-9-1-4-11(5-2-9)21-8-14(20)19-15-18-12-7-10(17)3-6-13(12)22-15/h1-7H,8H2,(H,18,19,20). The molecule has 1 heterocycles. The number of fused-ring (bicyclic) bond motifs is 1. The molecular formula is C15H10Cl2N2OS2. The monoisotopic (exact) mass is 368 g/mol. The zero-order valence-corrected chi connectivity index (χ0v) is 14.3. The van der Waals surface area contributed by atoms with Crippen molar-refractivity contribution in [2.45, 2.75) is 4.90 Å². The van der Waals surface area contributed by atoms with E-state index in [2.05, 4.69) is 10.3 Å². The molecule has 22 heavy (non-hydrogen) atoms. The fourth-order valence-electron chi connectivity index (χ4n) is 1.79. The van der Waals surface area contributed by atoms with Crippen LogP contribution in [0.3, 0.4) is 0 Å². The molecule has 2 aromatic carbocycles. The van der Waals surface area contributed by atoms with Crippen LogP contribution in [0.5, 0.6) is 0 Å². The molecule has 0 spiro atoms. The highest BCUT2D eigenvalue weighted by Gasteiger charge is 2.08. The van der Waals surface area contributed by atoms with E-state index in [1.165, 1.54) is 23.1 Å². The summed E-state index contributed by atoms with van der Waals surface area (Å²) in [5, 5.41) is 4.71. The third-order valence-corrected chi connectivity index (χ3v) is 5.23. The predicted molar refractivity (Wildman–Crippen MR) is 95.4 cm³/mol. The molecule has 1 amide bonds. The number of amides is 1. The summed E-state index contributed by atoms with van der Waals surface area (Å²) in [6, 6.07) is 12.9. The molecule has 0 atom stereocenters. The summed E-state index contributed by atoms with van der Waals surface area (Å²) in [4.78, 5) is 17.3. The van der Waals surface area contributed by atoms with Crippen LogP contribution < -0.4 is 5.32 Å². The van der Waals surface area contributed by atoms with Crippen molar-refractivity contribution in [1.29, 1.82) is 0 Å². The van der Waals surface area contributed by atoms with Crippen LogP contribution in [0.2, 0.25) is 10.0 Å². The maximum atomic E-state index is 12.0. The molecule has 1 aromatic heterocycles. The van der Waals surface area contributed by atoms with Crippen LogP contribution in [0.25, 0.3) is 10.2 Å². The van der Waals surface area contributed by atoms with Gasteiger partial charge in [-0.2, -0.15) is 0 Å². The van der Waals surface area contributed by atoms with Crippen LogP contribution in [0, 0.1) is 0 Å². The zero-order chi connectivity index (χ0) is 15.5. The number of benzene rings is 2. The fourth-order valence-corrected chi connectivity index (χ4v) is 3.64. The largest absolute Gasteiger partial charge is 0.301 e. The third kappa shape index (κ3) is 3.93. The summed E-state index contributed by atoms with van der Waals surface area (Å²) in [5.41, 5.74) is 0.790. The number of anilines is 1. The number of halogens is 2. The fraction of sp³-hybridized carbons (Fsp3) is 0.0667. The van der Waals surface area contributed by atoms with Gasteiger partial charge in [-0.25, -0.2) is 4.98 Å². The maximum absolute atomic E-state index is 12.0. The number of rotatable bonds is 4. The quantitative estimate of drug-likeness (QED) is 0.632. The van der Waals surface area contributed by atoms with Gasteiger partial charge in [-0.15, -0.1) is 11.8 Å². The number of nitrogens with zero attached hydrogens (tertiary/aromatic N) is 1. The Kier molecular flexibility index (Phi) is 4.88. The van der Waals surface area contributed by atoms with Gasteiger partial charge in [0.25, 0.3) is 0 Å². The van der Waals surface area contributed by atoms with Crippen LogP contribution in [-0.4, -0.2) is 16.6 Å². The molecule has 0 radical (unpaired) electrons. The number of thioether (sulfide) groups is 1. The normalized spacial score (nSPS) is 10.8. The van der Waals surface area contributed by atoms with Gasteiger partial charge in [0.15, 0.2) is 5.13 Å². The first-order valence-electron chi connectivity index (χ1n) is 6.34. The van der Waals surface area contributed by atoms with Crippen molar-refractivity contribution in [3.63, 3.8) is 0 Å². The van der Waals surface area contributed by atoms with Gasteiger partial charge in [0.2, 0.25) is 5.91 Å². The maximum Gasteiger partial charge on any atom is 0.236 e. The topological polar surface area (TPSA) is 42.0 Å². The molecule has 0 saturated heterocycles. The summed E-state index contributed by atoms with van der Waals surface area (Å²) in [7, 11) is 0. The molecule has 3 aromatic rings. The number of hydrogen-bond donors (Lipinski definition) is 1. The number of thiazole rings is 1. The smallest absolute Gasteiger partial charge is 0.236 e. The molecule has 0 aliphatic rings. The second-order valence-electron chi connectivity index (χ2n) is 4.42. The molecule has 0 saturated carbocycles. The Morgan fingerprint density at radius 2 is 1.86 bits per heavy atom. The highest BCUT2D eigenvalue weighted by Crippen LogP contribution is 2.28. The van der Waals surface area contributed by atoms with Gasteiger partial charge >= 0.3 is 0 Å². The molecule has 3 nitrogen and oxygen atoms in total. The van der Waals surface area contributed by atoms with E-state index >= 15 is 0 Å². The van der Waals surface area contributed by atoms with Crippen molar-refractivity contribution in [3.05, 3.63) is 52.5 Å². The number of aromatic nitrogens is 1. The average molecular weight is 369 g/mol. The first-order chi connectivity index (χ1) is 10.6. The molecular weight excluding hydrogens is 359 g/mol. The molecule has 7 heteroatoms.